The van der Waals surface area contributed by atoms with Crippen molar-refractivity contribution in [2.45, 2.75) is 0 Å². The van der Waals surface area contributed by atoms with Crippen molar-refractivity contribution in [2.75, 3.05) is 5.32 Å². The number of fused-ring (bicyclic) bond motifs is 8. The van der Waals surface area contributed by atoms with Gasteiger partial charge in [0.2, 0.25) is 0 Å². The van der Waals surface area contributed by atoms with E-state index in [9.17, 15) is 20.4 Å². The quantitative estimate of drug-likeness (QED) is 0.111. The van der Waals surface area contributed by atoms with Gasteiger partial charge in [0.1, 0.15) is 5.52 Å². The Morgan fingerprint density at radius 1 is 0.393 bits per heavy atom. The summed E-state index contributed by atoms with van der Waals surface area (Å²) >= 11 is 0. The molecular formula is C45H21K4N3O4. The smallest absolute Gasteiger partial charge is 0.872 e. The molecule has 12 aromatic rings. The first kappa shape index (κ1) is 42.0. The van der Waals surface area contributed by atoms with E-state index in [4.69, 9.17) is 5.10 Å². The van der Waals surface area contributed by atoms with Gasteiger partial charge in [-0.05, 0) is 88.9 Å². The van der Waals surface area contributed by atoms with Gasteiger partial charge < -0.3 is 25.7 Å². The molecule has 1 N–H and O–H groups in total. The molecule has 0 spiro atoms. The van der Waals surface area contributed by atoms with Crippen molar-refractivity contribution in [3.63, 3.8) is 0 Å². The number of hydrogen-bond donors (Lipinski definition) is 1. The van der Waals surface area contributed by atoms with Crippen LogP contribution in [0, 0.1) is 0 Å². The van der Waals surface area contributed by atoms with Crippen LogP contribution in [0.25, 0.3) is 103 Å². The van der Waals surface area contributed by atoms with Gasteiger partial charge in [-0.2, -0.15) is 5.10 Å². The van der Waals surface area contributed by atoms with E-state index < -0.39 is 0 Å². The molecule has 56 heavy (non-hydrogen) atoms. The number of pyridine rings is 1. The van der Waals surface area contributed by atoms with Crippen LogP contribution in [-0.2, 0) is 0 Å². The Morgan fingerprint density at radius 3 is 1.64 bits per heavy atom. The molecule has 2 heterocycles. The van der Waals surface area contributed by atoms with Gasteiger partial charge >= 0.3 is 206 Å². The summed E-state index contributed by atoms with van der Waals surface area (Å²) in [6, 6.07) is 37.4. The Balaban J connectivity index is 0.00000110. The fourth-order valence-corrected chi connectivity index (χ4v) is 8.94. The second-order valence-corrected chi connectivity index (χ2v) is 13.7. The van der Waals surface area contributed by atoms with Gasteiger partial charge in [0.15, 0.2) is 0 Å². The first-order chi connectivity index (χ1) is 25.5. The summed E-state index contributed by atoms with van der Waals surface area (Å²) in [5.74, 6) is -0.506. The predicted molar refractivity (Wildman–Crippen MR) is 203 cm³/mol. The van der Waals surface area contributed by atoms with E-state index in [1.807, 2.05) is 71.2 Å². The van der Waals surface area contributed by atoms with Crippen LogP contribution < -0.4 is 231 Å². The van der Waals surface area contributed by atoms with Crippen molar-refractivity contribution in [3.05, 3.63) is 121 Å². The number of hydrogen-bond acceptors (Lipinski definition) is 6. The van der Waals surface area contributed by atoms with Gasteiger partial charge in [0, 0.05) is 32.9 Å². The maximum Gasteiger partial charge on any atom is 1.00 e. The first-order valence-electron chi connectivity index (χ1n) is 17.1. The van der Waals surface area contributed by atoms with Crippen molar-refractivity contribution in [3.8, 4) is 23.0 Å². The van der Waals surface area contributed by atoms with E-state index in [1.54, 1.807) is 42.5 Å². The molecule has 12 rings (SSSR count). The maximum atomic E-state index is 14.4. The second kappa shape index (κ2) is 15.6. The fraction of sp³-hybridized carbons (Fsp3) is 0. The molecule has 2 aromatic heterocycles. The third-order valence-electron chi connectivity index (χ3n) is 11.2. The first-order valence-corrected chi connectivity index (χ1v) is 17.1. The zero-order valence-electron chi connectivity index (χ0n) is 31.1. The molecule has 0 fully saturated rings. The van der Waals surface area contributed by atoms with E-state index in [0.29, 0.717) is 54.5 Å². The van der Waals surface area contributed by atoms with E-state index in [1.165, 1.54) is 0 Å². The van der Waals surface area contributed by atoms with Crippen LogP contribution in [-0.4, -0.2) is 9.61 Å². The Labute approximate surface area is 488 Å². The van der Waals surface area contributed by atoms with E-state index >= 15 is 0 Å². The Morgan fingerprint density at radius 2 is 0.911 bits per heavy atom. The molecule has 10 aromatic carbocycles. The zero-order chi connectivity index (χ0) is 34.6. The number of anilines is 2. The van der Waals surface area contributed by atoms with Crippen molar-refractivity contribution >= 4 is 114 Å². The third-order valence-corrected chi connectivity index (χ3v) is 11.2. The van der Waals surface area contributed by atoms with Gasteiger partial charge in [-0.25, -0.2) is 4.52 Å². The van der Waals surface area contributed by atoms with Gasteiger partial charge in [-0.1, -0.05) is 120 Å². The standard InChI is InChI=1S/C45H25N3O4.4K/c49-42-27-7-2-1-6-25(27)40-39-32(42)17-15-26-24-14-16-31-36-23(18-19-35(38(24)36)48(47-40)41(26)39)22-13-12-21(20-33(22)44(31)51)46-34-11-5-10-30-37(34)45(52)29-9-4-3-8-28(29)43(30)50;;;;/h1-20,46,49-52H;;;;/q;4*+1/p-4. The monoisotopic (exact) mass is 823 g/mol. The minimum atomic E-state index is -0.215. The summed E-state index contributed by atoms with van der Waals surface area (Å²) in [6.07, 6.45) is 0. The second-order valence-electron chi connectivity index (χ2n) is 13.7. The summed E-state index contributed by atoms with van der Waals surface area (Å²) in [4.78, 5) is 0. The van der Waals surface area contributed by atoms with Crippen LogP contribution in [0.4, 0.5) is 11.4 Å². The number of aromatic nitrogens is 2. The summed E-state index contributed by atoms with van der Waals surface area (Å²) in [5.41, 5.74) is 3.69. The third kappa shape index (κ3) is 5.74. The molecule has 0 saturated carbocycles. The van der Waals surface area contributed by atoms with Crippen LogP contribution in [0.2, 0.25) is 0 Å². The van der Waals surface area contributed by atoms with Crippen LogP contribution in [0.3, 0.4) is 0 Å². The van der Waals surface area contributed by atoms with Crippen LogP contribution in [0.5, 0.6) is 23.0 Å². The number of nitrogens with one attached hydrogen (secondary N) is 1. The molecule has 244 valence electrons. The summed E-state index contributed by atoms with van der Waals surface area (Å²) < 4.78 is 1.95. The Bertz CT molecular complexity index is 3570. The topological polar surface area (TPSA) is 122 Å². The van der Waals surface area contributed by atoms with Crippen molar-refractivity contribution in [1.82, 2.24) is 9.61 Å². The van der Waals surface area contributed by atoms with Gasteiger partial charge in [-0.3, -0.25) is 0 Å². The molecular weight excluding hydrogens is 803 g/mol. The molecule has 0 radical (unpaired) electrons. The molecule has 0 saturated heterocycles. The molecule has 0 aliphatic rings. The normalized spacial score (nSPS) is 11.6. The molecule has 0 bridgehead atoms. The maximum absolute atomic E-state index is 14.4. The Hall–Kier alpha value is -0.705. The van der Waals surface area contributed by atoms with Crippen LogP contribution in [0.1, 0.15) is 0 Å². The number of benzene rings is 10. The van der Waals surface area contributed by atoms with Crippen LogP contribution in [0.15, 0.2) is 121 Å². The van der Waals surface area contributed by atoms with Crippen molar-refractivity contribution < 1.29 is 226 Å². The van der Waals surface area contributed by atoms with Gasteiger partial charge in [-0.15, -0.1) is 0 Å². The van der Waals surface area contributed by atoms with Crippen molar-refractivity contribution in [2.24, 2.45) is 0 Å². The average molecular weight is 824 g/mol. The number of rotatable bonds is 2. The predicted octanol–water partition coefficient (Wildman–Crippen LogP) is -3.36. The number of nitrogens with zero attached hydrogens (tertiary/aromatic N) is 2. The molecule has 0 amide bonds. The summed E-state index contributed by atoms with van der Waals surface area (Å²) in [7, 11) is 0. The minimum Gasteiger partial charge on any atom is -0.872 e. The van der Waals surface area contributed by atoms with Gasteiger partial charge in [0.05, 0.1) is 11.0 Å². The molecule has 0 unspecified atom stereocenters. The SMILES string of the molecule is [K+].[K+].[K+].[K+].[O-]c1c2ccccc2c([O-])c2c(Nc3ccc4c(c3)c([O-])c3ccc5c6ccc7c([O-])c8ccccc8c8nn(c9ccc4c3c59)c6c78)cccc12. The minimum absolute atomic E-state index is 0. The zero-order valence-corrected chi connectivity index (χ0v) is 43.6. The molecule has 0 aliphatic carbocycles. The average Bonchev–Trinajstić information content (AvgIpc) is 3.59. The molecule has 11 heteroatoms. The van der Waals surface area contributed by atoms with E-state index in [2.05, 4.69) is 17.4 Å². The molecule has 0 atom stereocenters. The molecule has 0 aliphatic heterocycles. The van der Waals surface area contributed by atoms with Gasteiger partial charge in [0.25, 0.3) is 0 Å². The molecule has 7 nitrogen and oxygen atoms in total. The van der Waals surface area contributed by atoms with Crippen molar-refractivity contribution in [1.29, 1.82) is 0 Å². The van der Waals surface area contributed by atoms with E-state index in [0.717, 1.165) is 59.6 Å². The summed E-state index contributed by atoms with van der Waals surface area (Å²) in [5, 5.41) is 74.7. The van der Waals surface area contributed by atoms with Crippen LogP contribution >= 0.6 is 0 Å². The van der Waals surface area contributed by atoms with E-state index in [-0.39, 0.29) is 229 Å². The largest absolute Gasteiger partial charge is 1.00 e. The fourth-order valence-electron chi connectivity index (χ4n) is 8.94. The Kier molecular flexibility index (Phi) is 11.7. The summed E-state index contributed by atoms with van der Waals surface area (Å²) in [6.45, 7) is 0.